The minimum atomic E-state index is -0.497. The molecule has 18 heavy (non-hydrogen) atoms. The van der Waals surface area contributed by atoms with Gasteiger partial charge in [-0.15, -0.1) is 0 Å². The fraction of sp³-hybridized carbons (Fsp3) is 0.833. The third kappa shape index (κ3) is 3.68. The maximum absolute atomic E-state index is 12.2. The van der Waals surface area contributed by atoms with Gasteiger partial charge in [0.2, 0.25) is 11.8 Å². The standard InChI is InChI=1S/C12H24N4O2/c1-12(2,9-13)11(18)16-6-4-15(5-7-16)8-10(17)14-3/h4-9,13H2,1-3H3,(H,14,17). The first-order chi connectivity index (χ1) is 8.40. The van der Waals surface area contributed by atoms with E-state index in [2.05, 4.69) is 10.2 Å². The van der Waals surface area contributed by atoms with E-state index in [-0.39, 0.29) is 11.8 Å². The molecule has 0 atom stereocenters. The lowest BCUT2D eigenvalue weighted by Gasteiger charge is -2.38. The second kappa shape index (κ2) is 6.15. The fourth-order valence-electron chi connectivity index (χ4n) is 1.91. The van der Waals surface area contributed by atoms with E-state index in [0.717, 1.165) is 13.1 Å². The molecule has 0 aliphatic carbocycles. The summed E-state index contributed by atoms with van der Waals surface area (Å²) in [5.41, 5.74) is 5.12. The van der Waals surface area contributed by atoms with E-state index < -0.39 is 5.41 Å². The second-order valence-corrected chi connectivity index (χ2v) is 5.33. The Morgan fingerprint density at radius 2 is 1.78 bits per heavy atom. The molecule has 3 N–H and O–H groups in total. The number of hydrogen-bond acceptors (Lipinski definition) is 4. The molecule has 1 fully saturated rings. The third-order valence-electron chi connectivity index (χ3n) is 3.39. The molecule has 2 amide bonds. The normalized spacial score (nSPS) is 17.7. The van der Waals surface area contributed by atoms with Crippen LogP contribution in [0.2, 0.25) is 0 Å². The minimum Gasteiger partial charge on any atom is -0.358 e. The van der Waals surface area contributed by atoms with Crippen LogP contribution in [0, 0.1) is 5.41 Å². The van der Waals surface area contributed by atoms with Crippen molar-refractivity contribution in [1.82, 2.24) is 15.1 Å². The number of nitrogens with one attached hydrogen (secondary N) is 1. The number of carbonyl (C=O) groups is 2. The van der Waals surface area contributed by atoms with Crippen LogP contribution < -0.4 is 11.1 Å². The summed E-state index contributed by atoms with van der Waals surface area (Å²) in [6.45, 7) is 7.29. The topological polar surface area (TPSA) is 78.7 Å². The zero-order valence-electron chi connectivity index (χ0n) is 11.5. The van der Waals surface area contributed by atoms with Gasteiger partial charge < -0.3 is 16.0 Å². The van der Waals surface area contributed by atoms with Crippen LogP contribution in [0.1, 0.15) is 13.8 Å². The number of nitrogens with two attached hydrogens (primary N) is 1. The van der Waals surface area contributed by atoms with Crippen LogP contribution >= 0.6 is 0 Å². The first kappa shape index (κ1) is 14.9. The molecule has 0 spiro atoms. The number of nitrogens with zero attached hydrogens (tertiary/aromatic N) is 2. The summed E-state index contributed by atoms with van der Waals surface area (Å²) < 4.78 is 0. The average molecular weight is 256 g/mol. The van der Waals surface area contributed by atoms with Crippen molar-refractivity contribution in [2.75, 3.05) is 46.3 Å². The van der Waals surface area contributed by atoms with Crippen LogP contribution in [0.5, 0.6) is 0 Å². The van der Waals surface area contributed by atoms with Crippen LogP contribution in [-0.4, -0.2) is 67.9 Å². The number of likely N-dealkylation sites (N-methyl/N-ethyl adjacent to an activating group) is 1. The Morgan fingerprint density at radius 3 is 2.22 bits per heavy atom. The Kier molecular flexibility index (Phi) is 5.10. The average Bonchev–Trinajstić information content (AvgIpc) is 2.38. The summed E-state index contributed by atoms with van der Waals surface area (Å²) >= 11 is 0. The monoisotopic (exact) mass is 256 g/mol. The van der Waals surface area contributed by atoms with E-state index in [4.69, 9.17) is 5.73 Å². The molecule has 0 aromatic heterocycles. The highest BCUT2D eigenvalue weighted by molar-refractivity contribution is 5.82. The van der Waals surface area contributed by atoms with Gasteiger partial charge in [-0.05, 0) is 13.8 Å². The summed E-state index contributed by atoms with van der Waals surface area (Å²) in [7, 11) is 1.63. The molecule has 1 rings (SSSR count). The van der Waals surface area contributed by atoms with Crippen molar-refractivity contribution >= 4 is 11.8 Å². The maximum atomic E-state index is 12.2. The predicted octanol–water partition coefficient (Wildman–Crippen LogP) is -1.14. The molecule has 0 saturated carbocycles. The number of amides is 2. The predicted molar refractivity (Wildman–Crippen MR) is 69.9 cm³/mol. The van der Waals surface area contributed by atoms with Gasteiger partial charge in [-0.25, -0.2) is 0 Å². The van der Waals surface area contributed by atoms with Crippen LogP contribution in [0.4, 0.5) is 0 Å². The van der Waals surface area contributed by atoms with Crippen molar-refractivity contribution in [2.45, 2.75) is 13.8 Å². The Morgan fingerprint density at radius 1 is 1.22 bits per heavy atom. The first-order valence-electron chi connectivity index (χ1n) is 6.33. The molecule has 1 aliphatic rings. The molecule has 6 heteroatoms. The Bertz CT molecular complexity index is 309. The summed E-state index contributed by atoms with van der Waals surface area (Å²) in [6, 6.07) is 0. The summed E-state index contributed by atoms with van der Waals surface area (Å²) in [5.74, 6) is 0.113. The highest BCUT2D eigenvalue weighted by Crippen LogP contribution is 2.18. The number of hydrogen-bond donors (Lipinski definition) is 2. The van der Waals surface area contributed by atoms with Gasteiger partial charge in [0.15, 0.2) is 0 Å². The maximum Gasteiger partial charge on any atom is 0.233 e. The van der Waals surface area contributed by atoms with Crippen molar-refractivity contribution in [3.63, 3.8) is 0 Å². The fourth-order valence-corrected chi connectivity index (χ4v) is 1.91. The van der Waals surface area contributed by atoms with Gasteiger partial charge >= 0.3 is 0 Å². The SMILES string of the molecule is CNC(=O)CN1CCN(C(=O)C(C)(C)CN)CC1. The number of rotatable bonds is 4. The molecule has 0 unspecified atom stereocenters. The molecule has 1 aliphatic heterocycles. The van der Waals surface area contributed by atoms with Crippen molar-refractivity contribution in [3.05, 3.63) is 0 Å². The van der Waals surface area contributed by atoms with Crippen molar-refractivity contribution in [3.8, 4) is 0 Å². The molecule has 104 valence electrons. The first-order valence-corrected chi connectivity index (χ1v) is 6.33. The third-order valence-corrected chi connectivity index (χ3v) is 3.39. The summed E-state index contributed by atoms with van der Waals surface area (Å²) in [6.07, 6.45) is 0. The van der Waals surface area contributed by atoms with E-state index >= 15 is 0 Å². The number of piperazine rings is 1. The van der Waals surface area contributed by atoms with Crippen LogP contribution in [-0.2, 0) is 9.59 Å². The molecular formula is C12H24N4O2. The van der Waals surface area contributed by atoms with Gasteiger partial charge in [0.25, 0.3) is 0 Å². The summed E-state index contributed by atoms with van der Waals surface area (Å²) in [4.78, 5) is 27.3. The molecule has 1 heterocycles. The quantitative estimate of drug-likeness (QED) is 0.666. The van der Waals surface area contributed by atoms with E-state index in [1.807, 2.05) is 18.7 Å². The number of carbonyl (C=O) groups excluding carboxylic acids is 2. The van der Waals surface area contributed by atoms with Crippen LogP contribution in [0.15, 0.2) is 0 Å². The molecule has 0 aromatic carbocycles. The van der Waals surface area contributed by atoms with Gasteiger partial charge in [0, 0.05) is 39.8 Å². The second-order valence-electron chi connectivity index (χ2n) is 5.33. The Labute approximate surface area is 108 Å². The van der Waals surface area contributed by atoms with E-state index in [0.29, 0.717) is 26.2 Å². The lowest BCUT2D eigenvalue weighted by Crippen LogP contribution is -2.54. The lowest BCUT2D eigenvalue weighted by molar-refractivity contribution is -0.141. The lowest BCUT2D eigenvalue weighted by atomic mass is 9.91. The van der Waals surface area contributed by atoms with Crippen molar-refractivity contribution in [2.24, 2.45) is 11.1 Å². The Balaban J connectivity index is 2.44. The molecular weight excluding hydrogens is 232 g/mol. The van der Waals surface area contributed by atoms with Crippen molar-refractivity contribution in [1.29, 1.82) is 0 Å². The van der Waals surface area contributed by atoms with Gasteiger partial charge in [0.1, 0.15) is 0 Å². The smallest absolute Gasteiger partial charge is 0.233 e. The molecule has 0 radical (unpaired) electrons. The molecule has 6 nitrogen and oxygen atoms in total. The summed E-state index contributed by atoms with van der Waals surface area (Å²) in [5, 5.41) is 2.60. The molecule has 0 aromatic rings. The van der Waals surface area contributed by atoms with Gasteiger partial charge in [-0.2, -0.15) is 0 Å². The zero-order valence-corrected chi connectivity index (χ0v) is 11.5. The van der Waals surface area contributed by atoms with E-state index in [1.54, 1.807) is 7.05 Å². The van der Waals surface area contributed by atoms with Crippen LogP contribution in [0.3, 0.4) is 0 Å². The Hall–Kier alpha value is -1.14. The van der Waals surface area contributed by atoms with Crippen LogP contribution in [0.25, 0.3) is 0 Å². The van der Waals surface area contributed by atoms with Gasteiger partial charge in [0.05, 0.1) is 12.0 Å². The largest absolute Gasteiger partial charge is 0.358 e. The van der Waals surface area contributed by atoms with Gasteiger partial charge in [-0.1, -0.05) is 0 Å². The van der Waals surface area contributed by atoms with E-state index in [9.17, 15) is 9.59 Å². The molecule has 0 bridgehead atoms. The minimum absolute atomic E-state index is 0.0112. The van der Waals surface area contributed by atoms with E-state index in [1.165, 1.54) is 0 Å². The van der Waals surface area contributed by atoms with Gasteiger partial charge in [-0.3, -0.25) is 14.5 Å². The highest BCUT2D eigenvalue weighted by atomic mass is 16.2. The highest BCUT2D eigenvalue weighted by Gasteiger charge is 2.32. The van der Waals surface area contributed by atoms with Crippen molar-refractivity contribution < 1.29 is 9.59 Å². The molecule has 1 saturated heterocycles. The zero-order chi connectivity index (χ0) is 13.8.